The molecule has 1 amide bonds. The molecule has 4 nitrogen and oxygen atoms in total. The predicted octanol–water partition coefficient (Wildman–Crippen LogP) is 5.43. The molecule has 2 aromatic heterocycles. The van der Waals surface area contributed by atoms with E-state index in [-0.39, 0.29) is 5.91 Å². The summed E-state index contributed by atoms with van der Waals surface area (Å²) in [6.45, 7) is 1.89. The van der Waals surface area contributed by atoms with Gasteiger partial charge in [0, 0.05) is 22.8 Å². The van der Waals surface area contributed by atoms with Crippen LogP contribution in [0.3, 0.4) is 0 Å². The number of amides is 1. The first kappa shape index (κ1) is 17.1. The number of hydrogen-bond donors (Lipinski definition) is 1. The highest BCUT2D eigenvalue weighted by atomic mass is 32.1. The second-order valence-corrected chi connectivity index (χ2v) is 6.98. The lowest BCUT2D eigenvalue weighted by molar-refractivity contribution is 0.102. The van der Waals surface area contributed by atoms with Gasteiger partial charge in [0.1, 0.15) is 0 Å². The Hall–Kier alpha value is -3.31. The Morgan fingerprint density at radius 3 is 2.30 bits per heavy atom. The number of carbonyl (C=O) groups excluding carboxylic acids is 1. The van der Waals surface area contributed by atoms with Gasteiger partial charge in [0.2, 0.25) is 0 Å². The maximum absolute atomic E-state index is 12.3. The maximum atomic E-state index is 12.3. The number of benzene rings is 2. The molecule has 0 saturated heterocycles. The van der Waals surface area contributed by atoms with Crippen molar-refractivity contribution in [2.45, 2.75) is 6.92 Å². The third-order valence-electron chi connectivity index (χ3n) is 4.19. The number of rotatable bonds is 4. The van der Waals surface area contributed by atoms with E-state index in [4.69, 9.17) is 0 Å². The fourth-order valence-corrected chi connectivity index (χ4v) is 3.41. The lowest BCUT2D eigenvalue weighted by Crippen LogP contribution is -2.12. The first-order chi connectivity index (χ1) is 13.2. The van der Waals surface area contributed by atoms with Crippen molar-refractivity contribution >= 4 is 22.4 Å². The minimum atomic E-state index is -0.206. The molecule has 0 unspecified atom stereocenters. The van der Waals surface area contributed by atoms with Gasteiger partial charge in [-0.3, -0.25) is 15.1 Å². The summed E-state index contributed by atoms with van der Waals surface area (Å²) in [4.78, 5) is 21.0. The largest absolute Gasteiger partial charge is 0.298 e. The Balaban J connectivity index is 1.49. The SMILES string of the molecule is Cc1ccc(C(=O)Nc2nc(-c3ccc(-c4ccccc4)cc3)cs2)cn1. The van der Waals surface area contributed by atoms with Gasteiger partial charge in [-0.2, -0.15) is 0 Å². The van der Waals surface area contributed by atoms with E-state index in [1.54, 1.807) is 12.3 Å². The molecular weight excluding hydrogens is 354 g/mol. The molecule has 0 aliphatic carbocycles. The van der Waals surface area contributed by atoms with Crippen LogP contribution in [0, 0.1) is 6.92 Å². The van der Waals surface area contributed by atoms with Crippen LogP contribution >= 0.6 is 11.3 Å². The summed E-state index contributed by atoms with van der Waals surface area (Å²) in [6.07, 6.45) is 1.57. The molecule has 27 heavy (non-hydrogen) atoms. The van der Waals surface area contributed by atoms with E-state index < -0.39 is 0 Å². The number of hydrogen-bond acceptors (Lipinski definition) is 4. The van der Waals surface area contributed by atoms with Crippen LogP contribution in [0.25, 0.3) is 22.4 Å². The van der Waals surface area contributed by atoms with Gasteiger partial charge in [0.05, 0.1) is 11.3 Å². The Kier molecular flexibility index (Phi) is 4.77. The highest BCUT2D eigenvalue weighted by Gasteiger charge is 2.10. The first-order valence-corrected chi connectivity index (χ1v) is 9.42. The number of nitrogens with zero attached hydrogens (tertiary/aromatic N) is 2. The van der Waals surface area contributed by atoms with E-state index in [1.807, 2.05) is 48.7 Å². The maximum Gasteiger partial charge on any atom is 0.259 e. The van der Waals surface area contributed by atoms with E-state index in [0.29, 0.717) is 10.7 Å². The van der Waals surface area contributed by atoms with Crippen LogP contribution in [0.15, 0.2) is 78.3 Å². The number of aromatic nitrogens is 2. The second kappa shape index (κ2) is 7.51. The number of anilines is 1. The zero-order valence-corrected chi connectivity index (χ0v) is 15.5. The molecule has 0 atom stereocenters. The Morgan fingerprint density at radius 2 is 1.59 bits per heavy atom. The monoisotopic (exact) mass is 371 g/mol. The van der Waals surface area contributed by atoms with Crippen molar-refractivity contribution in [1.82, 2.24) is 9.97 Å². The van der Waals surface area contributed by atoms with Crippen molar-refractivity contribution in [1.29, 1.82) is 0 Å². The summed E-state index contributed by atoms with van der Waals surface area (Å²) in [6, 6.07) is 22.1. The van der Waals surface area contributed by atoms with Gasteiger partial charge in [-0.15, -0.1) is 11.3 Å². The van der Waals surface area contributed by atoms with Crippen LogP contribution in [-0.4, -0.2) is 15.9 Å². The standard InChI is InChI=1S/C22H17N3OS/c1-15-7-8-19(13-23-15)21(26)25-22-24-20(14-27-22)18-11-9-17(10-12-18)16-5-3-2-4-6-16/h2-14H,1H3,(H,24,25,26). The Bertz CT molecular complexity index is 1050. The molecule has 0 spiro atoms. The molecule has 2 heterocycles. The molecule has 0 radical (unpaired) electrons. The lowest BCUT2D eigenvalue weighted by Gasteiger charge is -2.03. The second-order valence-electron chi connectivity index (χ2n) is 6.12. The van der Waals surface area contributed by atoms with Gasteiger partial charge in [-0.05, 0) is 30.2 Å². The molecule has 4 aromatic rings. The molecule has 0 aliphatic heterocycles. The fraction of sp³-hybridized carbons (Fsp3) is 0.0455. The quantitative estimate of drug-likeness (QED) is 0.520. The van der Waals surface area contributed by atoms with E-state index in [1.165, 1.54) is 16.9 Å². The van der Waals surface area contributed by atoms with Gasteiger partial charge in [0.15, 0.2) is 5.13 Å². The summed E-state index contributed by atoms with van der Waals surface area (Å²) < 4.78 is 0. The van der Waals surface area contributed by atoms with Gasteiger partial charge in [0.25, 0.3) is 5.91 Å². The minimum Gasteiger partial charge on any atom is -0.298 e. The van der Waals surface area contributed by atoms with Gasteiger partial charge >= 0.3 is 0 Å². The fourth-order valence-electron chi connectivity index (χ4n) is 2.70. The normalized spacial score (nSPS) is 10.6. The number of nitrogens with one attached hydrogen (secondary N) is 1. The molecular formula is C22H17N3OS. The van der Waals surface area contributed by atoms with Gasteiger partial charge < -0.3 is 0 Å². The molecule has 4 rings (SSSR count). The van der Waals surface area contributed by atoms with Crippen molar-refractivity contribution in [3.05, 3.63) is 89.6 Å². The minimum absolute atomic E-state index is 0.206. The zero-order valence-electron chi connectivity index (χ0n) is 14.7. The van der Waals surface area contributed by atoms with Crippen molar-refractivity contribution < 1.29 is 4.79 Å². The predicted molar refractivity (Wildman–Crippen MR) is 110 cm³/mol. The third kappa shape index (κ3) is 3.93. The van der Waals surface area contributed by atoms with Crippen molar-refractivity contribution in [3.8, 4) is 22.4 Å². The summed E-state index contributed by atoms with van der Waals surface area (Å²) in [5.41, 5.74) is 5.60. The van der Waals surface area contributed by atoms with Crippen molar-refractivity contribution in [2.75, 3.05) is 5.32 Å². The summed E-state index contributed by atoms with van der Waals surface area (Å²) in [5, 5.41) is 5.35. The van der Waals surface area contributed by atoms with E-state index in [0.717, 1.165) is 22.5 Å². The van der Waals surface area contributed by atoms with E-state index in [9.17, 15) is 4.79 Å². The summed E-state index contributed by atoms with van der Waals surface area (Å²) >= 11 is 1.41. The average molecular weight is 371 g/mol. The molecule has 1 N–H and O–H groups in total. The Labute approximate surface area is 161 Å². The molecule has 0 aliphatic rings. The van der Waals surface area contributed by atoms with Crippen molar-refractivity contribution in [2.24, 2.45) is 0 Å². The van der Waals surface area contributed by atoms with Crippen LogP contribution < -0.4 is 5.32 Å². The van der Waals surface area contributed by atoms with Crippen LogP contribution in [-0.2, 0) is 0 Å². The van der Waals surface area contributed by atoms with E-state index in [2.05, 4.69) is 39.6 Å². The van der Waals surface area contributed by atoms with Gasteiger partial charge in [-0.1, -0.05) is 54.6 Å². The first-order valence-electron chi connectivity index (χ1n) is 8.54. The van der Waals surface area contributed by atoms with Crippen LogP contribution in [0.2, 0.25) is 0 Å². The smallest absolute Gasteiger partial charge is 0.259 e. The molecule has 2 aromatic carbocycles. The number of carbonyl (C=O) groups is 1. The van der Waals surface area contributed by atoms with Crippen molar-refractivity contribution in [3.63, 3.8) is 0 Å². The highest BCUT2D eigenvalue weighted by Crippen LogP contribution is 2.27. The number of aryl methyl sites for hydroxylation is 1. The van der Waals surface area contributed by atoms with Crippen LogP contribution in [0.5, 0.6) is 0 Å². The average Bonchev–Trinajstić information content (AvgIpc) is 3.18. The van der Waals surface area contributed by atoms with Crippen LogP contribution in [0.4, 0.5) is 5.13 Å². The zero-order chi connectivity index (χ0) is 18.6. The lowest BCUT2D eigenvalue weighted by atomic mass is 10.0. The van der Waals surface area contributed by atoms with E-state index >= 15 is 0 Å². The third-order valence-corrected chi connectivity index (χ3v) is 4.94. The topological polar surface area (TPSA) is 54.9 Å². The molecule has 0 bridgehead atoms. The molecule has 0 saturated carbocycles. The number of pyridine rings is 1. The van der Waals surface area contributed by atoms with Crippen LogP contribution in [0.1, 0.15) is 16.1 Å². The Morgan fingerprint density at radius 1 is 0.889 bits per heavy atom. The number of thiazole rings is 1. The molecule has 132 valence electrons. The molecule has 0 fully saturated rings. The highest BCUT2D eigenvalue weighted by molar-refractivity contribution is 7.14. The summed E-state index contributed by atoms with van der Waals surface area (Å²) in [7, 11) is 0. The summed E-state index contributed by atoms with van der Waals surface area (Å²) in [5.74, 6) is -0.206. The van der Waals surface area contributed by atoms with Gasteiger partial charge in [-0.25, -0.2) is 4.98 Å². The molecule has 5 heteroatoms.